The van der Waals surface area contributed by atoms with Crippen LogP contribution in [-0.4, -0.2) is 35.9 Å². The SMILES string of the molecule is CCOC(=O)CC(B1OC(C)(C)C(C)(C)O1)c1c[nH]c2cc(Br)ccc12. The summed E-state index contributed by atoms with van der Waals surface area (Å²) in [4.78, 5) is 15.6. The molecule has 0 aliphatic carbocycles. The number of carbonyl (C=O) groups is 1. The summed E-state index contributed by atoms with van der Waals surface area (Å²) in [5.74, 6) is -0.510. The van der Waals surface area contributed by atoms with Gasteiger partial charge in [-0.05, 0) is 52.3 Å². The highest BCUT2D eigenvalue weighted by Crippen LogP contribution is 2.43. The lowest BCUT2D eigenvalue weighted by molar-refractivity contribution is -0.143. The highest BCUT2D eigenvalue weighted by atomic mass is 79.9. The second kappa shape index (κ2) is 7.02. The molecule has 1 aliphatic heterocycles. The van der Waals surface area contributed by atoms with Crippen molar-refractivity contribution in [3.8, 4) is 0 Å². The first-order valence-electron chi connectivity index (χ1n) is 8.92. The van der Waals surface area contributed by atoms with Crippen LogP contribution < -0.4 is 0 Å². The molecule has 1 fully saturated rings. The van der Waals surface area contributed by atoms with Crippen molar-refractivity contribution in [1.29, 1.82) is 0 Å². The average Bonchev–Trinajstić information content (AvgIpc) is 3.03. The number of aromatic nitrogens is 1. The van der Waals surface area contributed by atoms with Crippen LogP contribution >= 0.6 is 15.9 Å². The van der Waals surface area contributed by atoms with Crippen molar-refractivity contribution < 1.29 is 18.8 Å². The zero-order chi connectivity index (χ0) is 19.1. The Kier molecular flexibility index (Phi) is 5.25. The molecule has 1 saturated heterocycles. The summed E-state index contributed by atoms with van der Waals surface area (Å²) in [7, 11) is -0.521. The zero-order valence-corrected chi connectivity index (χ0v) is 17.5. The molecule has 0 amide bonds. The van der Waals surface area contributed by atoms with Crippen LogP contribution in [0.1, 0.15) is 52.4 Å². The van der Waals surface area contributed by atoms with Gasteiger partial charge in [0.05, 0.1) is 24.2 Å². The predicted octanol–water partition coefficient (Wildman–Crippen LogP) is 4.60. The van der Waals surface area contributed by atoms with Crippen LogP contribution in [0.5, 0.6) is 0 Å². The Bertz CT molecular complexity index is 801. The second-order valence-electron chi connectivity index (χ2n) is 7.67. The molecule has 0 radical (unpaired) electrons. The second-order valence-corrected chi connectivity index (χ2v) is 8.59. The maximum atomic E-state index is 12.3. The third-order valence-corrected chi connectivity index (χ3v) is 5.86. The zero-order valence-electron chi connectivity index (χ0n) is 15.9. The van der Waals surface area contributed by atoms with Gasteiger partial charge in [0.1, 0.15) is 0 Å². The lowest BCUT2D eigenvalue weighted by Gasteiger charge is -2.32. The topological polar surface area (TPSA) is 60.6 Å². The van der Waals surface area contributed by atoms with Crippen molar-refractivity contribution in [3.63, 3.8) is 0 Å². The van der Waals surface area contributed by atoms with Gasteiger partial charge in [-0.1, -0.05) is 22.0 Å². The molecule has 1 aliphatic rings. The van der Waals surface area contributed by atoms with Gasteiger partial charge in [0.25, 0.3) is 0 Å². The summed E-state index contributed by atoms with van der Waals surface area (Å²) >= 11 is 3.49. The largest absolute Gasteiger partial charge is 0.466 e. The van der Waals surface area contributed by atoms with E-state index in [2.05, 4.69) is 20.9 Å². The van der Waals surface area contributed by atoms with Crippen molar-refractivity contribution >= 4 is 39.9 Å². The van der Waals surface area contributed by atoms with Crippen molar-refractivity contribution in [3.05, 3.63) is 34.4 Å². The molecule has 7 heteroatoms. The fourth-order valence-corrected chi connectivity index (χ4v) is 3.59. The highest BCUT2D eigenvalue weighted by Gasteiger charge is 2.54. The minimum atomic E-state index is -0.521. The van der Waals surface area contributed by atoms with Crippen LogP contribution in [0.2, 0.25) is 0 Å². The van der Waals surface area contributed by atoms with Gasteiger partial charge in [-0.2, -0.15) is 0 Å². The summed E-state index contributed by atoms with van der Waals surface area (Å²) < 4.78 is 18.7. The third kappa shape index (κ3) is 3.57. The molecular formula is C19H25BBrNO4. The molecule has 1 N–H and O–H groups in total. The first kappa shape index (κ1) is 19.5. The van der Waals surface area contributed by atoms with E-state index < -0.39 is 18.3 Å². The molecule has 140 valence electrons. The van der Waals surface area contributed by atoms with Gasteiger partial charge in [-0.15, -0.1) is 0 Å². The summed E-state index contributed by atoms with van der Waals surface area (Å²) in [6.07, 6.45) is 2.14. The van der Waals surface area contributed by atoms with Crippen LogP contribution in [0.15, 0.2) is 28.9 Å². The minimum absolute atomic E-state index is 0.202. The maximum absolute atomic E-state index is 12.3. The smallest absolute Gasteiger partial charge is 0.466 e. The molecule has 2 heterocycles. The van der Waals surface area contributed by atoms with Crippen molar-refractivity contribution in [1.82, 2.24) is 4.98 Å². The molecule has 26 heavy (non-hydrogen) atoms. The number of carbonyl (C=O) groups excluding carboxylic acids is 1. The van der Waals surface area contributed by atoms with Crippen molar-refractivity contribution in [2.24, 2.45) is 0 Å². The van der Waals surface area contributed by atoms with Crippen LogP contribution in [0.4, 0.5) is 0 Å². The normalized spacial score (nSPS) is 19.7. The van der Waals surface area contributed by atoms with Crippen LogP contribution in [0, 0.1) is 0 Å². The van der Waals surface area contributed by atoms with Gasteiger partial charge in [0.15, 0.2) is 0 Å². The van der Waals surface area contributed by atoms with E-state index in [0.29, 0.717) is 6.61 Å². The molecule has 0 bridgehead atoms. The first-order chi connectivity index (χ1) is 12.1. The fraction of sp³-hybridized carbons (Fsp3) is 0.526. The van der Waals surface area contributed by atoms with E-state index in [-0.39, 0.29) is 18.2 Å². The maximum Gasteiger partial charge on any atom is 0.466 e. The Morgan fingerprint density at radius 1 is 1.27 bits per heavy atom. The molecule has 1 atom stereocenters. The van der Waals surface area contributed by atoms with E-state index in [9.17, 15) is 4.79 Å². The van der Waals surface area contributed by atoms with Gasteiger partial charge in [0.2, 0.25) is 0 Å². The molecule has 5 nitrogen and oxygen atoms in total. The van der Waals surface area contributed by atoms with E-state index in [0.717, 1.165) is 20.9 Å². The van der Waals surface area contributed by atoms with E-state index in [4.69, 9.17) is 14.0 Å². The van der Waals surface area contributed by atoms with Gasteiger partial charge in [0, 0.05) is 27.4 Å². The van der Waals surface area contributed by atoms with Gasteiger partial charge in [-0.25, -0.2) is 0 Å². The number of H-pyrrole nitrogens is 1. The number of ether oxygens (including phenoxy) is 1. The van der Waals surface area contributed by atoms with Crippen molar-refractivity contribution in [2.45, 2.75) is 58.1 Å². The van der Waals surface area contributed by atoms with E-state index in [1.807, 2.05) is 59.0 Å². The lowest BCUT2D eigenvalue weighted by Crippen LogP contribution is -2.41. The highest BCUT2D eigenvalue weighted by molar-refractivity contribution is 9.10. The molecule has 1 aromatic heterocycles. The van der Waals surface area contributed by atoms with Crippen molar-refractivity contribution in [2.75, 3.05) is 6.61 Å². The Morgan fingerprint density at radius 3 is 2.54 bits per heavy atom. The fourth-order valence-electron chi connectivity index (χ4n) is 3.23. The molecule has 2 aromatic rings. The standard InChI is InChI=1S/C19H25BBrNO4/c1-6-24-17(23)10-15(20-25-18(2,3)19(4,5)26-20)14-11-22-16-9-12(21)7-8-13(14)16/h7-9,11,15,22H,6,10H2,1-5H3. The van der Waals surface area contributed by atoms with E-state index in [1.54, 1.807) is 0 Å². The van der Waals surface area contributed by atoms with Gasteiger partial charge < -0.3 is 19.0 Å². The molecule has 1 unspecified atom stereocenters. The number of nitrogens with one attached hydrogen (secondary N) is 1. The Morgan fingerprint density at radius 2 is 1.92 bits per heavy atom. The summed E-state index contributed by atoms with van der Waals surface area (Å²) in [6, 6.07) is 6.05. The number of fused-ring (bicyclic) bond motifs is 1. The number of hydrogen-bond donors (Lipinski definition) is 1. The molecule has 0 spiro atoms. The number of hydrogen-bond acceptors (Lipinski definition) is 4. The Labute approximate surface area is 163 Å². The number of benzene rings is 1. The predicted molar refractivity (Wildman–Crippen MR) is 106 cm³/mol. The first-order valence-corrected chi connectivity index (χ1v) is 9.71. The molecular weight excluding hydrogens is 397 g/mol. The summed E-state index contributed by atoms with van der Waals surface area (Å²) in [6.45, 7) is 10.2. The van der Waals surface area contributed by atoms with Gasteiger partial charge >= 0.3 is 13.1 Å². The Hall–Kier alpha value is -1.31. The summed E-state index contributed by atoms with van der Waals surface area (Å²) in [5, 5.41) is 1.05. The molecule has 1 aromatic carbocycles. The molecule has 0 saturated carbocycles. The lowest BCUT2D eigenvalue weighted by atomic mass is 9.66. The average molecular weight is 422 g/mol. The molecule has 3 rings (SSSR count). The van der Waals surface area contributed by atoms with E-state index >= 15 is 0 Å². The summed E-state index contributed by atoms with van der Waals surface area (Å²) in [5.41, 5.74) is 1.08. The number of halogens is 1. The van der Waals surface area contributed by atoms with Gasteiger partial charge in [-0.3, -0.25) is 4.79 Å². The van der Waals surface area contributed by atoms with E-state index in [1.165, 1.54) is 0 Å². The Balaban J connectivity index is 1.99. The minimum Gasteiger partial charge on any atom is -0.466 e. The number of aromatic amines is 1. The van der Waals surface area contributed by atoms with Crippen LogP contribution in [0.25, 0.3) is 10.9 Å². The number of rotatable bonds is 5. The van der Waals surface area contributed by atoms with Crippen LogP contribution in [0.3, 0.4) is 0 Å². The third-order valence-electron chi connectivity index (χ3n) is 5.37. The monoisotopic (exact) mass is 421 g/mol. The van der Waals surface area contributed by atoms with Crippen LogP contribution in [-0.2, 0) is 18.8 Å². The quantitative estimate of drug-likeness (QED) is 0.566. The number of esters is 1.